The molecule has 1 unspecified atom stereocenters. The molecule has 0 saturated heterocycles. The van der Waals surface area contributed by atoms with Gasteiger partial charge in [0.25, 0.3) is 0 Å². The standard InChI is InChI=1S/C5H10BrNO/c1-4(7)2-5(8)3-6/h4H,2-3,7H2,1H3. The fourth-order valence-electron chi connectivity index (χ4n) is 0.414. The molecule has 0 radical (unpaired) electrons. The maximum Gasteiger partial charge on any atom is 0.144 e. The van der Waals surface area contributed by atoms with Gasteiger partial charge < -0.3 is 5.73 Å². The number of hydrogen-bond donors (Lipinski definition) is 1. The van der Waals surface area contributed by atoms with Gasteiger partial charge in [-0.05, 0) is 6.92 Å². The summed E-state index contributed by atoms with van der Waals surface area (Å²) in [5.74, 6) is 0.167. The van der Waals surface area contributed by atoms with Crippen LogP contribution in [0.15, 0.2) is 0 Å². The van der Waals surface area contributed by atoms with E-state index in [-0.39, 0.29) is 11.8 Å². The van der Waals surface area contributed by atoms with E-state index >= 15 is 0 Å². The van der Waals surface area contributed by atoms with Crippen molar-refractivity contribution in [2.45, 2.75) is 19.4 Å². The van der Waals surface area contributed by atoms with Gasteiger partial charge in [0, 0.05) is 12.5 Å². The smallest absolute Gasteiger partial charge is 0.144 e. The predicted molar refractivity (Wildman–Crippen MR) is 37.1 cm³/mol. The minimum Gasteiger partial charge on any atom is -0.328 e. The Labute approximate surface area is 57.6 Å². The maximum atomic E-state index is 10.5. The molecule has 0 fully saturated rings. The van der Waals surface area contributed by atoms with Crippen LogP contribution in [0.5, 0.6) is 0 Å². The van der Waals surface area contributed by atoms with Crippen LogP contribution in [0.25, 0.3) is 0 Å². The molecule has 0 bridgehead atoms. The molecule has 0 aromatic carbocycles. The van der Waals surface area contributed by atoms with Gasteiger partial charge >= 0.3 is 0 Å². The molecule has 8 heavy (non-hydrogen) atoms. The lowest BCUT2D eigenvalue weighted by Gasteiger charge is -1.98. The van der Waals surface area contributed by atoms with E-state index in [1.54, 1.807) is 0 Å². The Morgan fingerprint density at radius 2 is 2.38 bits per heavy atom. The van der Waals surface area contributed by atoms with Gasteiger partial charge in [-0.1, -0.05) is 15.9 Å². The van der Waals surface area contributed by atoms with Gasteiger partial charge in [-0.3, -0.25) is 4.79 Å². The number of carbonyl (C=O) groups excluding carboxylic acids is 1. The first-order valence-corrected chi connectivity index (χ1v) is 3.62. The topological polar surface area (TPSA) is 43.1 Å². The summed E-state index contributed by atoms with van der Waals surface area (Å²) >= 11 is 3.04. The van der Waals surface area contributed by atoms with Crippen LogP contribution in [-0.4, -0.2) is 17.2 Å². The first kappa shape index (κ1) is 8.11. The molecule has 2 N–H and O–H groups in total. The van der Waals surface area contributed by atoms with E-state index in [0.717, 1.165) is 0 Å². The summed E-state index contributed by atoms with van der Waals surface area (Å²) < 4.78 is 0. The first-order chi connectivity index (χ1) is 3.66. The molecular formula is C5H10BrNO. The summed E-state index contributed by atoms with van der Waals surface area (Å²) in [6.07, 6.45) is 0.477. The highest BCUT2D eigenvalue weighted by Gasteiger charge is 2.00. The molecule has 1 atom stereocenters. The molecule has 0 aliphatic rings. The Bertz CT molecular complexity index is 82.5. The van der Waals surface area contributed by atoms with Crippen molar-refractivity contribution in [1.82, 2.24) is 0 Å². The number of ketones is 1. The zero-order chi connectivity index (χ0) is 6.57. The summed E-state index contributed by atoms with van der Waals surface area (Å²) in [7, 11) is 0. The molecule has 0 heterocycles. The van der Waals surface area contributed by atoms with Gasteiger partial charge in [-0.15, -0.1) is 0 Å². The van der Waals surface area contributed by atoms with E-state index in [2.05, 4.69) is 15.9 Å². The number of carbonyl (C=O) groups is 1. The summed E-state index contributed by atoms with van der Waals surface area (Å²) in [4.78, 5) is 10.5. The monoisotopic (exact) mass is 179 g/mol. The van der Waals surface area contributed by atoms with Crippen LogP contribution in [0.1, 0.15) is 13.3 Å². The Hall–Kier alpha value is 0.110. The second kappa shape index (κ2) is 4.04. The average Bonchev–Trinajstić information content (AvgIpc) is 1.65. The minimum absolute atomic E-state index is 0.0000463. The van der Waals surface area contributed by atoms with Crippen molar-refractivity contribution in [3.05, 3.63) is 0 Å². The van der Waals surface area contributed by atoms with E-state index in [4.69, 9.17) is 5.73 Å². The van der Waals surface area contributed by atoms with Crippen LogP contribution in [0.4, 0.5) is 0 Å². The van der Waals surface area contributed by atoms with Crippen molar-refractivity contribution in [3.8, 4) is 0 Å². The molecule has 0 rings (SSSR count). The van der Waals surface area contributed by atoms with E-state index in [0.29, 0.717) is 11.8 Å². The molecule has 0 aromatic rings. The second-order valence-corrected chi connectivity index (χ2v) is 2.41. The zero-order valence-corrected chi connectivity index (χ0v) is 6.44. The third kappa shape index (κ3) is 4.27. The van der Waals surface area contributed by atoms with Crippen LogP contribution < -0.4 is 5.73 Å². The average molecular weight is 180 g/mol. The highest BCUT2D eigenvalue weighted by molar-refractivity contribution is 9.09. The fraction of sp³-hybridized carbons (Fsp3) is 0.800. The van der Waals surface area contributed by atoms with Gasteiger partial charge in [0.1, 0.15) is 5.78 Å². The molecular weight excluding hydrogens is 170 g/mol. The number of alkyl halides is 1. The SMILES string of the molecule is CC(N)CC(=O)CBr. The van der Waals surface area contributed by atoms with Crippen LogP contribution in [-0.2, 0) is 4.79 Å². The molecule has 0 aliphatic carbocycles. The van der Waals surface area contributed by atoms with E-state index in [1.807, 2.05) is 6.92 Å². The molecule has 0 saturated carbocycles. The Morgan fingerprint density at radius 1 is 1.88 bits per heavy atom. The Balaban J connectivity index is 3.25. The quantitative estimate of drug-likeness (QED) is 0.649. The predicted octanol–water partition coefficient (Wildman–Crippen LogP) is 0.688. The van der Waals surface area contributed by atoms with Gasteiger partial charge in [-0.25, -0.2) is 0 Å². The van der Waals surface area contributed by atoms with Crippen molar-refractivity contribution in [2.24, 2.45) is 5.73 Å². The van der Waals surface area contributed by atoms with E-state index in [1.165, 1.54) is 0 Å². The molecule has 48 valence electrons. The number of halogens is 1. The second-order valence-electron chi connectivity index (χ2n) is 1.85. The molecule has 0 spiro atoms. The highest BCUT2D eigenvalue weighted by atomic mass is 79.9. The van der Waals surface area contributed by atoms with Crippen molar-refractivity contribution in [2.75, 3.05) is 5.33 Å². The Morgan fingerprint density at radius 3 is 2.50 bits per heavy atom. The summed E-state index contributed by atoms with van der Waals surface area (Å²) in [6.45, 7) is 1.82. The van der Waals surface area contributed by atoms with Gasteiger partial charge in [-0.2, -0.15) is 0 Å². The van der Waals surface area contributed by atoms with Crippen molar-refractivity contribution in [1.29, 1.82) is 0 Å². The Kier molecular flexibility index (Phi) is 4.09. The van der Waals surface area contributed by atoms with Gasteiger partial charge in [0.2, 0.25) is 0 Å². The molecule has 0 amide bonds. The zero-order valence-electron chi connectivity index (χ0n) is 4.86. The number of rotatable bonds is 3. The highest BCUT2D eigenvalue weighted by Crippen LogP contribution is 1.91. The lowest BCUT2D eigenvalue weighted by Crippen LogP contribution is -2.19. The van der Waals surface area contributed by atoms with Crippen molar-refractivity contribution in [3.63, 3.8) is 0 Å². The largest absolute Gasteiger partial charge is 0.328 e. The third-order valence-electron chi connectivity index (χ3n) is 0.699. The molecule has 3 heteroatoms. The van der Waals surface area contributed by atoms with Crippen molar-refractivity contribution < 1.29 is 4.79 Å². The summed E-state index contributed by atoms with van der Waals surface area (Å²) in [5, 5.41) is 0.425. The van der Waals surface area contributed by atoms with E-state index in [9.17, 15) is 4.79 Å². The van der Waals surface area contributed by atoms with Crippen molar-refractivity contribution >= 4 is 21.7 Å². The first-order valence-electron chi connectivity index (χ1n) is 2.50. The van der Waals surface area contributed by atoms with E-state index < -0.39 is 0 Å². The van der Waals surface area contributed by atoms with Gasteiger partial charge in [0.05, 0.1) is 5.33 Å². The van der Waals surface area contributed by atoms with Crippen LogP contribution in [0, 0.1) is 0 Å². The molecule has 0 aliphatic heterocycles. The minimum atomic E-state index is 0.0000463. The van der Waals surface area contributed by atoms with Gasteiger partial charge in [0.15, 0.2) is 0 Å². The number of hydrogen-bond acceptors (Lipinski definition) is 2. The normalized spacial score (nSPS) is 13.4. The third-order valence-corrected chi connectivity index (χ3v) is 1.32. The van der Waals surface area contributed by atoms with Crippen LogP contribution in [0.2, 0.25) is 0 Å². The van der Waals surface area contributed by atoms with Crippen LogP contribution >= 0.6 is 15.9 Å². The number of Topliss-reactive ketones (excluding diaryl/α,β-unsaturated/α-hetero) is 1. The van der Waals surface area contributed by atoms with Crippen LogP contribution in [0.3, 0.4) is 0 Å². The maximum absolute atomic E-state index is 10.5. The molecule has 0 aromatic heterocycles. The lowest BCUT2D eigenvalue weighted by atomic mass is 10.2. The lowest BCUT2D eigenvalue weighted by molar-refractivity contribution is -0.116. The molecule has 2 nitrogen and oxygen atoms in total. The number of nitrogens with two attached hydrogens (primary N) is 1. The fourth-order valence-corrected chi connectivity index (χ4v) is 0.643. The summed E-state index contributed by atoms with van der Waals surface area (Å²) in [5.41, 5.74) is 5.33. The summed E-state index contributed by atoms with van der Waals surface area (Å²) in [6, 6.07) is 0.0000463.